The topological polar surface area (TPSA) is 71.3 Å². The van der Waals surface area contributed by atoms with E-state index >= 15 is 0 Å². The van der Waals surface area contributed by atoms with Crippen LogP contribution in [0.4, 0.5) is 0 Å². The summed E-state index contributed by atoms with van der Waals surface area (Å²) in [5, 5.41) is 12.2. The summed E-state index contributed by atoms with van der Waals surface area (Å²) in [4.78, 5) is 21.9. The van der Waals surface area contributed by atoms with Gasteiger partial charge >= 0.3 is 5.97 Å². The third kappa shape index (κ3) is 3.60. The molecule has 0 fully saturated rings. The van der Waals surface area contributed by atoms with Crippen LogP contribution in [0.3, 0.4) is 0 Å². The first-order chi connectivity index (χ1) is 9.58. The highest BCUT2D eigenvalue weighted by Gasteiger charge is 2.06. The zero-order valence-electron chi connectivity index (χ0n) is 10.8. The van der Waals surface area contributed by atoms with Gasteiger partial charge in [0.05, 0.1) is 6.42 Å². The minimum Gasteiger partial charge on any atom is -0.481 e. The Morgan fingerprint density at radius 2 is 2.05 bits per heavy atom. The van der Waals surface area contributed by atoms with Gasteiger partial charge in [0.2, 0.25) is 5.91 Å². The van der Waals surface area contributed by atoms with E-state index in [1.54, 1.807) is 0 Å². The predicted molar refractivity (Wildman–Crippen MR) is 79.5 cm³/mol. The first kappa shape index (κ1) is 14.6. The SMILES string of the molecule is O=C(O)CCNC(=O)CCn1ccc2c(Br)cccc21. The van der Waals surface area contributed by atoms with Crippen LogP contribution in [0.15, 0.2) is 34.9 Å². The van der Waals surface area contributed by atoms with Gasteiger partial charge < -0.3 is 15.0 Å². The molecule has 0 unspecified atom stereocenters. The normalized spacial score (nSPS) is 10.7. The summed E-state index contributed by atoms with van der Waals surface area (Å²) in [6.45, 7) is 0.741. The zero-order valence-corrected chi connectivity index (χ0v) is 12.4. The van der Waals surface area contributed by atoms with E-state index in [1.807, 2.05) is 35.0 Å². The van der Waals surface area contributed by atoms with Crippen LogP contribution in [0, 0.1) is 0 Å². The molecule has 0 spiro atoms. The number of carboxylic acids is 1. The molecule has 1 aromatic carbocycles. The van der Waals surface area contributed by atoms with Crippen LogP contribution in [0.2, 0.25) is 0 Å². The molecule has 20 heavy (non-hydrogen) atoms. The first-order valence-electron chi connectivity index (χ1n) is 6.30. The summed E-state index contributed by atoms with van der Waals surface area (Å²) < 4.78 is 3.04. The number of nitrogens with one attached hydrogen (secondary N) is 1. The quantitative estimate of drug-likeness (QED) is 0.849. The minimum absolute atomic E-state index is 0.0505. The second kappa shape index (κ2) is 6.56. The molecule has 1 amide bonds. The minimum atomic E-state index is -0.911. The number of carbonyl (C=O) groups is 2. The first-order valence-corrected chi connectivity index (χ1v) is 7.09. The largest absolute Gasteiger partial charge is 0.481 e. The Morgan fingerprint density at radius 1 is 1.25 bits per heavy atom. The molecule has 6 heteroatoms. The maximum atomic E-state index is 11.6. The van der Waals surface area contributed by atoms with E-state index in [2.05, 4.69) is 21.2 Å². The fourth-order valence-corrected chi connectivity index (χ4v) is 2.49. The molecule has 2 N–H and O–H groups in total. The molecule has 0 bridgehead atoms. The third-order valence-corrected chi connectivity index (χ3v) is 3.69. The number of hydrogen-bond acceptors (Lipinski definition) is 2. The Kier molecular flexibility index (Phi) is 4.79. The maximum absolute atomic E-state index is 11.6. The summed E-state index contributed by atoms with van der Waals surface area (Å²) in [7, 11) is 0. The lowest BCUT2D eigenvalue weighted by atomic mass is 10.2. The lowest BCUT2D eigenvalue weighted by molar-refractivity contribution is -0.136. The highest BCUT2D eigenvalue weighted by molar-refractivity contribution is 9.10. The Labute approximate surface area is 124 Å². The lowest BCUT2D eigenvalue weighted by Gasteiger charge is -2.06. The van der Waals surface area contributed by atoms with E-state index in [0.29, 0.717) is 13.0 Å². The Balaban J connectivity index is 1.91. The molecule has 0 saturated carbocycles. The number of aromatic nitrogens is 1. The number of carboxylic acid groups (broad SMARTS) is 1. The van der Waals surface area contributed by atoms with Crippen LogP contribution in [-0.2, 0) is 16.1 Å². The van der Waals surface area contributed by atoms with Crippen molar-refractivity contribution in [2.75, 3.05) is 6.54 Å². The molecule has 0 aliphatic rings. The average molecular weight is 339 g/mol. The van der Waals surface area contributed by atoms with E-state index in [0.717, 1.165) is 15.4 Å². The molecule has 1 aromatic heterocycles. The van der Waals surface area contributed by atoms with Gasteiger partial charge in [-0.2, -0.15) is 0 Å². The second-order valence-electron chi connectivity index (χ2n) is 4.43. The van der Waals surface area contributed by atoms with Gasteiger partial charge in [0.25, 0.3) is 0 Å². The number of benzene rings is 1. The van der Waals surface area contributed by atoms with Gasteiger partial charge in [0, 0.05) is 41.1 Å². The van der Waals surface area contributed by atoms with Crippen LogP contribution >= 0.6 is 15.9 Å². The highest BCUT2D eigenvalue weighted by atomic mass is 79.9. The Hall–Kier alpha value is -1.82. The van der Waals surface area contributed by atoms with Gasteiger partial charge in [-0.25, -0.2) is 0 Å². The molecule has 1 heterocycles. The number of fused-ring (bicyclic) bond motifs is 1. The lowest BCUT2D eigenvalue weighted by Crippen LogP contribution is -2.26. The van der Waals surface area contributed by atoms with E-state index < -0.39 is 5.97 Å². The molecule has 2 rings (SSSR count). The molecule has 0 radical (unpaired) electrons. The molecule has 0 aliphatic heterocycles. The standard InChI is InChI=1S/C14H15BrN2O3/c15-11-2-1-3-12-10(11)5-8-17(12)9-6-13(18)16-7-4-14(19)20/h1-3,5,8H,4,6-7,9H2,(H,16,18)(H,19,20). The van der Waals surface area contributed by atoms with Crippen molar-refractivity contribution in [1.29, 1.82) is 0 Å². The van der Waals surface area contributed by atoms with Crippen molar-refractivity contribution in [1.82, 2.24) is 9.88 Å². The average Bonchev–Trinajstić information content (AvgIpc) is 2.80. The molecular weight excluding hydrogens is 324 g/mol. The number of halogens is 1. The predicted octanol–water partition coefficient (Wildman–Crippen LogP) is 2.38. The van der Waals surface area contributed by atoms with Crippen LogP contribution in [-0.4, -0.2) is 28.1 Å². The van der Waals surface area contributed by atoms with Gasteiger partial charge in [-0.3, -0.25) is 9.59 Å². The van der Waals surface area contributed by atoms with Gasteiger partial charge in [0.15, 0.2) is 0 Å². The van der Waals surface area contributed by atoms with Gasteiger partial charge in [-0.05, 0) is 18.2 Å². The molecular formula is C14H15BrN2O3. The Morgan fingerprint density at radius 3 is 2.80 bits per heavy atom. The number of carbonyl (C=O) groups excluding carboxylic acids is 1. The van der Waals surface area contributed by atoms with E-state index in [-0.39, 0.29) is 18.9 Å². The summed E-state index contributed by atoms with van der Waals surface area (Å²) in [5.41, 5.74) is 1.07. The van der Waals surface area contributed by atoms with Crippen LogP contribution in [0.5, 0.6) is 0 Å². The number of aliphatic carboxylic acids is 1. The monoisotopic (exact) mass is 338 g/mol. The maximum Gasteiger partial charge on any atom is 0.305 e. The van der Waals surface area contributed by atoms with E-state index in [1.165, 1.54) is 0 Å². The number of rotatable bonds is 6. The van der Waals surface area contributed by atoms with E-state index in [4.69, 9.17) is 5.11 Å². The molecule has 2 aromatic rings. The molecule has 106 valence electrons. The number of aryl methyl sites for hydroxylation is 1. The summed E-state index contributed by atoms with van der Waals surface area (Å²) in [5.74, 6) is -1.05. The third-order valence-electron chi connectivity index (χ3n) is 3.00. The summed E-state index contributed by atoms with van der Waals surface area (Å²) in [6.07, 6.45) is 2.22. The molecule has 5 nitrogen and oxygen atoms in total. The summed E-state index contributed by atoms with van der Waals surface area (Å²) >= 11 is 3.49. The van der Waals surface area contributed by atoms with Crippen molar-refractivity contribution >= 4 is 38.7 Å². The van der Waals surface area contributed by atoms with Crippen molar-refractivity contribution in [3.8, 4) is 0 Å². The number of nitrogens with zero attached hydrogens (tertiary/aromatic N) is 1. The zero-order chi connectivity index (χ0) is 14.5. The van der Waals surface area contributed by atoms with Crippen LogP contribution in [0.25, 0.3) is 10.9 Å². The molecule has 0 atom stereocenters. The van der Waals surface area contributed by atoms with Crippen molar-refractivity contribution in [2.45, 2.75) is 19.4 Å². The van der Waals surface area contributed by atoms with Crippen LogP contribution < -0.4 is 5.32 Å². The fraction of sp³-hybridized carbons (Fsp3) is 0.286. The highest BCUT2D eigenvalue weighted by Crippen LogP contribution is 2.24. The fourth-order valence-electron chi connectivity index (χ4n) is 2.00. The molecule has 0 saturated heterocycles. The number of hydrogen-bond donors (Lipinski definition) is 2. The number of amides is 1. The van der Waals surface area contributed by atoms with Crippen molar-refractivity contribution < 1.29 is 14.7 Å². The van der Waals surface area contributed by atoms with Crippen molar-refractivity contribution in [3.05, 3.63) is 34.9 Å². The van der Waals surface area contributed by atoms with Gasteiger partial charge in [0.1, 0.15) is 0 Å². The Bertz CT molecular complexity index is 636. The van der Waals surface area contributed by atoms with Crippen molar-refractivity contribution in [2.24, 2.45) is 0 Å². The summed E-state index contributed by atoms with van der Waals surface area (Å²) in [6, 6.07) is 7.94. The second-order valence-corrected chi connectivity index (χ2v) is 5.28. The van der Waals surface area contributed by atoms with Gasteiger partial charge in [-0.1, -0.05) is 22.0 Å². The van der Waals surface area contributed by atoms with E-state index in [9.17, 15) is 9.59 Å². The smallest absolute Gasteiger partial charge is 0.305 e. The van der Waals surface area contributed by atoms with Gasteiger partial charge in [-0.15, -0.1) is 0 Å². The van der Waals surface area contributed by atoms with Crippen LogP contribution in [0.1, 0.15) is 12.8 Å². The molecule has 0 aliphatic carbocycles. The van der Waals surface area contributed by atoms with Crippen molar-refractivity contribution in [3.63, 3.8) is 0 Å².